The van der Waals surface area contributed by atoms with Gasteiger partial charge in [0.25, 0.3) is 5.91 Å². The first-order valence-electron chi connectivity index (χ1n) is 8.62. The number of anilines is 1. The number of carbonyl (C=O) groups is 1. The van der Waals surface area contributed by atoms with Crippen molar-refractivity contribution < 1.29 is 14.6 Å². The van der Waals surface area contributed by atoms with E-state index in [0.29, 0.717) is 24.8 Å². The van der Waals surface area contributed by atoms with Gasteiger partial charge in [0.2, 0.25) is 0 Å². The molecule has 130 valence electrons. The molecule has 1 aromatic heterocycles. The van der Waals surface area contributed by atoms with E-state index < -0.39 is 6.04 Å². The Balaban J connectivity index is 1.57. The van der Waals surface area contributed by atoms with Crippen molar-refractivity contribution >= 4 is 11.7 Å². The molecule has 1 fully saturated rings. The van der Waals surface area contributed by atoms with E-state index in [0.717, 1.165) is 17.1 Å². The zero-order chi connectivity index (χ0) is 17.2. The summed E-state index contributed by atoms with van der Waals surface area (Å²) in [5, 5.41) is 13.2. The van der Waals surface area contributed by atoms with Gasteiger partial charge in [-0.25, -0.2) is 4.98 Å². The van der Waals surface area contributed by atoms with Crippen molar-refractivity contribution in [2.24, 2.45) is 0 Å². The van der Waals surface area contributed by atoms with Crippen LogP contribution >= 0.6 is 0 Å². The van der Waals surface area contributed by atoms with Gasteiger partial charge in [0.05, 0.1) is 24.8 Å². The molecule has 1 amide bonds. The van der Waals surface area contributed by atoms with E-state index in [1.54, 1.807) is 17.2 Å². The Bertz CT molecular complexity index is 759. The maximum atomic E-state index is 13.0. The Morgan fingerprint density at radius 3 is 2.84 bits per heavy atom. The van der Waals surface area contributed by atoms with Gasteiger partial charge in [0.1, 0.15) is 18.2 Å². The van der Waals surface area contributed by atoms with Gasteiger partial charge in [-0.05, 0) is 31.0 Å². The van der Waals surface area contributed by atoms with E-state index in [4.69, 9.17) is 4.74 Å². The van der Waals surface area contributed by atoms with E-state index in [2.05, 4.69) is 10.3 Å². The topological polar surface area (TPSA) is 74.7 Å². The van der Waals surface area contributed by atoms with Crippen molar-refractivity contribution in [2.75, 3.05) is 25.1 Å². The molecule has 1 unspecified atom stereocenters. The molecule has 2 aliphatic rings. The normalized spacial score (nSPS) is 19.6. The molecule has 2 heterocycles. The lowest BCUT2D eigenvalue weighted by atomic mass is 10.0. The minimum absolute atomic E-state index is 0.148. The van der Waals surface area contributed by atoms with Crippen molar-refractivity contribution in [1.82, 2.24) is 9.88 Å². The Morgan fingerprint density at radius 2 is 2.12 bits per heavy atom. The smallest absolute Gasteiger partial charge is 0.256 e. The van der Waals surface area contributed by atoms with Gasteiger partial charge >= 0.3 is 0 Å². The summed E-state index contributed by atoms with van der Waals surface area (Å²) in [6, 6.07) is 11.3. The first-order chi connectivity index (χ1) is 12.3. The van der Waals surface area contributed by atoms with Gasteiger partial charge < -0.3 is 20.1 Å². The highest BCUT2D eigenvalue weighted by molar-refractivity contribution is 5.94. The summed E-state index contributed by atoms with van der Waals surface area (Å²) in [5.41, 5.74) is 1.34. The molecule has 1 saturated carbocycles. The highest BCUT2D eigenvalue weighted by atomic mass is 16.5. The zero-order valence-electron chi connectivity index (χ0n) is 13.9. The number of para-hydroxylation sites is 1. The number of hydrogen-bond acceptors (Lipinski definition) is 5. The Labute approximate surface area is 146 Å². The van der Waals surface area contributed by atoms with E-state index in [-0.39, 0.29) is 12.5 Å². The van der Waals surface area contributed by atoms with Crippen LogP contribution in [-0.2, 0) is 0 Å². The number of aliphatic hydroxyl groups is 1. The van der Waals surface area contributed by atoms with Gasteiger partial charge in [-0.15, -0.1) is 0 Å². The van der Waals surface area contributed by atoms with Crippen LogP contribution in [0.3, 0.4) is 0 Å². The minimum atomic E-state index is -0.421. The van der Waals surface area contributed by atoms with Gasteiger partial charge in [0, 0.05) is 17.8 Å². The van der Waals surface area contributed by atoms with Crippen LogP contribution in [0, 0.1) is 0 Å². The number of pyridine rings is 1. The van der Waals surface area contributed by atoms with Crippen LogP contribution < -0.4 is 10.1 Å². The number of carbonyl (C=O) groups excluding carboxylic acids is 1. The Kier molecular flexibility index (Phi) is 4.28. The number of benzene rings is 1. The predicted octanol–water partition coefficient (Wildman–Crippen LogP) is 2.22. The second kappa shape index (κ2) is 6.72. The summed E-state index contributed by atoms with van der Waals surface area (Å²) < 4.78 is 5.74. The molecule has 0 saturated heterocycles. The van der Waals surface area contributed by atoms with Gasteiger partial charge in [-0.3, -0.25) is 4.79 Å². The van der Waals surface area contributed by atoms with E-state index in [1.807, 2.05) is 30.3 Å². The molecule has 1 atom stereocenters. The molecule has 1 aliphatic heterocycles. The summed E-state index contributed by atoms with van der Waals surface area (Å²) in [6.45, 7) is 0.662. The highest BCUT2D eigenvalue weighted by Crippen LogP contribution is 2.32. The van der Waals surface area contributed by atoms with Crippen LogP contribution in [0.1, 0.15) is 34.8 Å². The molecule has 0 radical (unpaired) electrons. The average molecular weight is 339 g/mol. The SMILES string of the molecule is O=C(c1ccc(NC2CC2)nc1)N1CCOc2ccccc2C1CO. The minimum Gasteiger partial charge on any atom is -0.491 e. The zero-order valence-corrected chi connectivity index (χ0v) is 13.9. The van der Waals surface area contributed by atoms with E-state index >= 15 is 0 Å². The molecule has 0 spiro atoms. The monoisotopic (exact) mass is 339 g/mol. The van der Waals surface area contributed by atoms with Gasteiger partial charge in [-0.1, -0.05) is 18.2 Å². The number of aliphatic hydroxyl groups excluding tert-OH is 1. The van der Waals surface area contributed by atoms with Crippen molar-refractivity contribution in [1.29, 1.82) is 0 Å². The van der Waals surface area contributed by atoms with Crippen molar-refractivity contribution in [3.63, 3.8) is 0 Å². The number of aromatic nitrogens is 1. The maximum Gasteiger partial charge on any atom is 0.256 e. The molecule has 2 aromatic rings. The first kappa shape index (κ1) is 15.9. The van der Waals surface area contributed by atoms with Gasteiger partial charge in [0.15, 0.2) is 0 Å². The number of nitrogens with one attached hydrogen (secondary N) is 1. The lowest BCUT2D eigenvalue weighted by molar-refractivity contribution is 0.0584. The second-order valence-corrected chi connectivity index (χ2v) is 6.43. The van der Waals surface area contributed by atoms with E-state index in [9.17, 15) is 9.90 Å². The van der Waals surface area contributed by atoms with Crippen molar-refractivity contribution in [3.8, 4) is 5.75 Å². The molecular weight excluding hydrogens is 318 g/mol. The Hall–Kier alpha value is -2.60. The molecule has 4 rings (SSSR count). The number of fused-ring (bicyclic) bond motifs is 1. The van der Waals surface area contributed by atoms with Crippen LogP contribution in [0.2, 0.25) is 0 Å². The quantitative estimate of drug-likeness (QED) is 0.893. The third-order valence-electron chi connectivity index (χ3n) is 4.62. The fraction of sp³-hybridized carbons (Fsp3) is 0.368. The molecule has 1 aromatic carbocycles. The third kappa shape index (κ3) is 3.30. The lowest BCUT2D eigenvalue weighted by Crippen LogP contribution is -2.38. The number of amides is 1. The number of nitrogens with zero attached hydrogens (tertiary/aromatic N) is 2. The molecule has 6 heteroatoms. The second-order valence-electron chi connectivity index (χ2n) is 6.43. The maximum absolute atomic E-state index is 13.0. The number of rotatable bonds is 4. The summed E-state index contributed by atoms with van der Waals surface area (Å²) in [5.74, 6) is 1.37. The molecule has 1 aliphatic carbocycles. The van der Waals surface area contributed by atoms with Crippen LogP contribution in [0.15, 0.2) is 42.6 Å². The standard InChI is InChI=1S/C19H21N3O3/c23-12-16-15-3-1-2-4-17(15)25-10-9-22(16)19(24)13-5-8-18(20-11-13)21-14-6-7-14/h1-5,8,11,14,16,23H,6-7,9-10,12H2,(H,20,21). The number of ether oxygens (including phenoxy) is 1. The molecule has 0 bridgehead atoms. The van der Waals surface area contributed by atoms with Crippen LogP contribution in [0.4, 0.5) is 5.82 Å². The lowest BCUT2D eigenvalue weighted by Gasteiger charge is -2.28. The average Bonchev–Trinajstić information content (AvgIpc) is 3.47. The third-order valence-corrected chi connectivity index (χ3v) is 4.62. The molecular formula is C19H21N3O3. The molecule has 2 N–H and O–H groups in total. The molecule has 6 nitrogen and oxygen atoms in total. The van der Waals surface area contributed by atoms with E-state index in [1.165, 1.54) is 12.8 Å². The van der Waals surface area contributed by atoms with Gasteiger partial charge in [-0.2, -0.15) is 0 Å². The van der Waals surface area contributed by atoms with Crippen LogP contribution in [0.25, 0.3) is 0 Å². The summed E-state index contributed by atoms with van der Waals surface area (Å²) in [4.78, 5) is 19.0. The van der Waals surface area contributed by atoms with Crippen molar-refractivity contribution in [2.45, 2.75) is 24.9 Å². The summed E-state index contributed by atoms with van der Waals surface area (Å²) in [7, 11) is 0. The molecule has 25 heavy (non-hydrogen) atoms. The Morgan fingerprint density at radius 1 is 1.28 bits per heavy atom. The highest BCUT2D eigenvalue weighted by Gasteiger charge is 2.30. The van der Waals surface area contributed by atoms with Crippen molar-refractivity contribution in [3.05, 3.63) is 53.7 Å². The van der Waals surface area contributed by atoms with Crippen LogP contribution in [0.5, 0.6) is 5.75 Å². The largest absolute Gasteiger partial charge is 0.491 e. The number of hydrogen-bond donors (Lipinski definition) is 2. The van der Waals surface area contributed by atoms with Crippen LogP contribution in [-0.4, -0.2) is 46.7 Å². The fourth-order valence-corrected chi connectivity index (χ4v) is 3.11. The summed E-state index contributed by atoms with van der Waals surface area (Å²) in [6.07, 6.45) is 3.95. The predicted molar refractivity (Wildman–Crippen MR) is 93.7 cm³/mol. The first-order valence-corrected chi connectivity index (χ1v) is 8.62. The summed E-state index contributed by atoms with van der Waals surface area (Å²) >= 11 is 0. The fourth-order valence-electron chi connectivity index (χ4n) is 3.11.